The van der Waals surface area contributed by atoms with E-state index in [-0.39, 0.29) is 11.5 Å². The van der Waals surface area contributed by atoms with E-state index in [2.05, 4.69) is 19.6 Å². The van der Waals surface area contributed by atoms with E-state index in [1.54, 1.807) is 0 Å². The lowest BCUT2D eigenvalue weighted by molar-refractivity contribution is -0.264. The smallest absolute Gasteiger partial charge is 0.318 e. The van der Waals surface area contributed by atoms with Gasteiger partial charge in [-0.1, -0.05) is 21.6 Å². The van der Waals surface area contributed by atoms with E-state index in [0.717, 1.165) is 21.6 Å². The SMILES string of the molecule is NC1CSSCC(N)C(=O)OOC(=O)C(N)CC(=O)OOC1=O. The number of rotatable bonds is 0. The minimum atomic E-state index is -1.49. The van der Waals surface area contributed by atoms with Crippen molar-refractivity contribution in [3.05, 3.63) is 0 Å². The third-order valence-electron chi connectivity index (χ3n) is 2.30. The average molecular weight is 369 g/mol. The van der Waals surface area contributed by atoms with Crippen LogP contribution in [0.1, 0.15) is 6.42 Å². The van der Waals surface area contributed by atoms with Gasteiger partial charge in [0.05, 0.1) is 6.42 Å². The highest BCUT2D eigenvalue weighted by molar-refractivity contribution is 8.76. The Morgan fingerprint density at radius 2 is 1.09 bits per heavy atom. The second-order valence-electron chi connectivity index (χ2n) is 4.26. The molecule has 130 valence electrons. The first-order valence-corrected chi connectivity index (χ1v) is 8.64. The molecule has 1 aliphatic heterocycles. The Morgan fingerprint density at radius 3 is 1.57 bits per heavy atom. The molecule has 3 unspecified atom stereocenters. The second-order valence-corrected chi connectivity index (χ2v) is 6.81. The molecule has 6 N–H and O–H groups in total. The van der Waals surface area contributed by atoms with E-state index in [4.69, 9.17) is 17.2 Å². The van der Waals surface area contributed by atoms with Crippen molar-refractivity contribution >= 4 is 45.5 Å². The summed E-state index contributed by atoms with van der Waals surface area (Å²) in [7, 11) is 2.28. The van der Waals surface area contributed by atoms with Crippen LogP contribution in [0, 0.1) is 0 Å². The molecule has 0 aromatic carbocycles. The maximum Gasteiger partial charge on any atom is 0.372 e. The van der Waals surface area contributed by atoms with Crippen LogP contribution in [0.5, 0.6) is 0 Å². The molecule has 1 rings (SSSR count). The predicted molar refractivity (Wildman–Crippen MR) is 77.8 cm³/mol. The molecule has 1 aliphatic rings. The first-order chi connectivity index (χ1) is 10.8. The van der Waals surface area contributed by atoms with E-state index < -0.39 is 48.4 Å². The van der Waals surface area contributed by atoms with Gasteiger partial charge in [0.25, 0.3) is 0 Å². The van der Waals surface area contributed by atoms with Crippen LogP contribution in [0.4, 0.5) is 0 Å². The van der Waals surface area contributed by atoms with Gasteiger partial charge in [0.1, 0.15) is 18.1 Å². The molecular weight excluding hydrogens is 354 g/mol. The molecule has 0 bridgehead atoms. The van der Waals surface area contributed by atoms with Crippen molar-refractivity contribution in [2.75, 3.05) is 11.5 Å². The summed E-state index contributed by atoms with van der Waals surface area (Å²) in [5.41, 5.74) is 16.4. The van der Waals surface area contributed by atoms with Crippen molar-refractivity contribution < 1.29 is 38.7 Å². The van der Waals surface area contributed by atoms with Crippen LogP contribution in [0.2, 0.25) is 0 Å². The zero-order valence-electron chi connectivity index (χ0n) is 11.7. The number of carbonyl (C=O) groups excluding carboxylic acids is 4. The lowest BCUT2D eigenvalue weighted by atomic mass is 10.2. The molecule has 0 aromatic rings. The van der Waals surface area contributed by atoms with Crippen LogP contribution in [-0.4, -0.2) is 53.5 Å². The van der Waals surface area contributed by atoms with Gasteiger partial charge in [0.15, 0.2) is 0 Å². The van der Waals surface area contributed by atoms with Crippen LogP contribution >= 0.6 is 21.6 Å². The topological polar surface area (TPSA) is 183 Å². The summed E-state index contributed by atoms with van der Waals surface area (Å²) in [6, 6.07) is -3.62. The van der Waals surface area contributed by atoms with Crippen molar-refractivity contribution in [3.8, 4) is 0 Å². The maximum absolute atomic E-state index is 11.5. The van der Waals surface area contributed by atoms with Crippen LogP contribution in [0.25, 0.3) is 0 Å². The highest BCUT2D eigenvalue weighted by atomic mass is 33.1. The van der Waals surface area contributed by atoms with Crippen LogP contribution in [0.15, 0.2) is 0 Å². The van der Waals surface area contributed by atoms with E-state index in [1.165, 1.54) is 0 Å². The third-order valence-corrected chi connectivity index (χ3v) is 4.77. The molecule has 13 heteroatoms. The second kappa shape index (κ2) is 9.57. The highest BCUT2D eigenvalue weighted by Gasteiger charge is 2.27. The molecule has 3 atom stereocenters. The molecular formula is C10H15N3O8S2. The summed E-state index contributed by atoms with van der Waals surface area (Å²) in [5.74, 6) is -4.02. The summed E-state index contributed by atoms with van der Waals surface area (Å²) in [6.07, 6.45) is -0.671. The highest BCUT2D eigenvalue weighted by Crippen LogP contribution is 2.22. The van der Waals surface area contributed by atoms with Crippen LogP contribution < -0.4 is 17.2 Å². The summed E-state index contributed by atoms with van der Waals surface area (Å²) in [5, 5.41) is 0. The van der Waals surface area contributed by atoms with Gasteiger partial charge >= 0.3 is 23.9 Å². The number of carbonyl (C=O) groups is 4. The van der Waals surface area contributed by atoms with E-state index in [9.17, 15) is 19.2 Å². The van der Waals surface area contributed by atoms with Crippen molar-refractivity contribution in [2.45, 2.75) is 24.5 Å². The Bertz CT molecular complexity index is 477. The molecule has 11 nitrogen and oxygen atoms in total. The van der Waals surface area contributed by atoms with E-state index in [1.807, 2.05) is 0 Å². The van der Waals surface area contributed by atoms with Gasteiger partial charge < -0.3 is 17.2 Å². The standard InChI is InChI=1S/C10H15N3O8S2/c11-4-1-7(14)18-19-9(16)5(12)2-22-23-3-6(13)10(17)21-20-8(4)15/h4-6H,1-3,11-13H2. The van der Waals surface area contributed by atoms with Crippen molar-refractivity contribution in [1.82, 2.24) is 0 Å². The zero-order chi connectivity index (χ0) is 17.4. The lowest BCUT2D eigenvalue weighted by Gasteiger charge is -2.13. The molecule has 0 aromatic heterocycles. The number of hydrogen-bond donors (Lipinski definition) is 3. The Hall–Kier alpha value is -1.54. The maximum atomic E-state index is 11.5. The minimum absolute atomic E-state index is 0.115. The zero-order valence-corrected chi connectivity index (χ0v) is 13.3. The molecule has 0 radical (unpaired) electrons. The fraction of sp³-hybridized carbons (Fsp3) is 0.600. The van der Waals surface area contributed by atoms with Gasteiger partial charge in [0, 0.05) is 11.5 Å². The number of hydrogen-bond acceptors (Lipinski definition) is 13. The first kappa shape index (κ1) is 19.5. The molecule has 1 heterocycles. The van der Waals surface area contributed by atoms with Crippen molar-refractivity contribution in [3.63, 3.8) is 0 Å². The van der Waals surface area contributed by atoms with Gasteiger partial charge in [0.2, 0.25) is 0 Å². The van der Waals surface area contributed by atoms with Crippen LogP contribution in [-0.2, 0) is 38.7 Å². The summed E-state index contributed by atoms with van der Waals surface area (Å²) in [6.45, 7) is 0. The Kier molecular flexibility index (Phi) is 8.11. The molecule has 1 saturated heterocycles. The predicted octanol–water partition coefficient (Wildman–Crippen LogP) is -2.24. The average Bonchev–Trinajstić information content (AvgIpc) is 2.52. The largest absolute Gasteiger partial charge is 0.372 e. The monoisotopic (exact) mass is 369 g/mol. The Morgan fingerprint density at radius 1 is 0.696 bits per heavy atom. The molecule has 0 amide bonds. The summed E-state index contributed by atoms with van der Waals surface area (Å²) < 4.78 is 0. The van der Waals surface area contributed by atoms with Crippen molar-refractivity contribution in [1.29, 1.82) is 0 Å². The van der Waals surface area contributed by atoms with Gasteiger partial charge in [-0.25, -0.2) is 38.7 Å². The van der Waals surface area contributed by atoms with Gasteiger partial charge in [-0.3, -0.25) is 0 Å². The fourth-order valence-corrected chi connectivity index (χ4v) is 3.25. The molecule has 0 aliphatic carbocycles. The van der Waals surface area contributed by atoms with Crippen LogP contribution in [0.3, 0.4) is 0 Å². The quantitative estimate of drug-likeness (QED) is 0.308. The fourth-order valence-electron chi connectivity index (χ4n) is 1.03. The molecule has 0 saturated carbocycles. The molecule has 23 heavy (non-hydrogen) atoms. The van der Waals surface area contributed by atoms with Gasteiger partial charge in [-0.15, -0.1) is 0 Å². The lowest BCUT2D eigenvalue weighted by Crippen LogP contribution is -2.40. The van der Waals surface area contributed by atoms with E-state index >= 15 is 0 Å². The minimum Gasteiger partial charge on any atom is -0.318 e. The summed E-state index contributed by atoms with van der Waals surface area (Å²) in [4.78, 5) is 62.5. The normalized spacial score (nSPS) is 29.1. The molecule has 0 spiro atoms. The Labute approximate surface area is 138 Å². The third kappa shape index (κ3) is 7.04. The molecule has 1 fully saturated rings. The summed E-state index contributed by atoms with van der Waals surface area (Å²) >= 11 is 0. The van der Waals surface area contributed by atoms with Crippen molar-refractivity contribution in [2.24, 2.45) is 17.2 Å². The van der Waals surface area contributed by atoms with E-state index in [0.29, 0.717) is 0 Å². The van der Waals surface area contributed by atoms with Gasteiger partial charge in [-0.2, -0.15) is 0 Å². The number of nitrogens with two attached hydrogens (primary N) is 3. The Balaban J connectivity index is 2.68. The first-order valence-electron chi connectivity index (χ1n) is 6.15. The van der Waals surface area contributed by atoms with Gasteiger partial charge in [-0.05, 0) is 0 Å².